The van der Waals surface area contributed by atoms with Crippen molar-refractivity contribution < 1.29 is 4.74 Å². The van der Waals surface area contributed by atoms with Crippen LogP contribution >= 0.6 is 0 Å². The van der Waals surface area contributed by atoms with Gasteiger partial charge in [0.15, 0.2) is 0 Å². The summed E-state index contributed by atoms with van der Waals surface area (Å²) in [6, 6.07) is 6.37. The maximum absolute atomic E-state index is 5.97. The SMILES string of the molecule is CCCN(CC)Cc1cc(C(C)N)ccc1OCC. The molecule has 0 spiro atoms. The zero-order chi connectivity index (χ0) is 14.3. The Kier molecular flexibility index (Phi) is 6.89. The van der Waals surface area contributed by atoms with E-state index in [1.165, 1.54) is 17.5 Å². The minimum atomic E-state index is 0.0654. The number of rotatable bonds is 8. The summed E-state index contributed by atoms with van der Waals surface area (Å²) < 4.78 is 5.73. The van der Waals surface area contributed by atoms with Gasteiger partial charge in [0.1, 0.15) is 5.75 Å². The van der Waals surface area contributed by atoms with Gasteiger partial charge in [0, 0.05) is 18.2 Å². The van der Waals surface area contributed by atoms with Gasteiger partial charge >= 0.3 is 0 Å². The molecule has 1 aromatic carbocycles. The van der Waals surface area contributed by atoms with E-state index < -0.39 is 0 Å². The second kappa shape index (κ2) is 8.18. The van der Waals surface area contributed by atoms with Gasteiger partial charge in [-0.25, -0.2) is 0 Å². The van der Waals surface area contributed by atoms with Crippen LogP contribution in [0.2, 0.25) is 0 Å². The van der Waals surface area contributed by atoms with Crippen LogP contribution in [-0.2, 0) is 6.54 Å². The quantitative estimate of drug-likeness (QED) is 0.782. The summed E-state index contributed by atoms with van der Waals surface area (Å²) >= 11 is 0. The highest BCUT2D eigenvalue weighted by atomic mass is 16.5. The molecular weight excluding hydrogens is 236 g/mol. The van der Waals surface area contributed by atoms with E-state index in [-0.39, 0.29) is 6.04 Å². The van der Waals surface area contributed by atoms with Crippen LogP contribution in [0.25, 0.3) is 0 Å². The van der Waals surface area contributed by atoms with Crippen molar-refractivity contribution in [3.05, 3.63) is 29.3 Å². The van der Waals surface area contributed by atoms with E-state index in [1.54, 1.807) is 0 Å². The van der Waals surface area contributed by atoms with E-state index in [2.05, 4.69) is 36.9 Å². The standard InChI is InChI=1S/C16H28N2O/c1-5-10-18(6-2)12-15-11-14(13(4)17)8-9-16(15)19-7-3/h8-9,11,13H,5-7,10,12,17H2,1-4H3. The number of hydrogen-bond acceptors (Lipinski definition) is 3. The van der Waals surface area contributed by atoms with Crippen LogP contribution in [0.15, 0.2) is 18.2 Å². The molecule has 1 rings (SSSR count). The summed E-state index contributed by atoms with van der Waals surface area (Å²) in [5.74, 6) is 0.987. The summed E-state index contributed by atoms with van der Waals surface area (Å²) in [6.45, 7) is 12.3. The molecule has 1 atom stereocenters. The van der Waals surface area contributed by atoms with Crippen molar-refractivity contribution in [2.45, 2.75) is 46.7 Å². The smallest absolute Gasteiger partial charge is 0.123 e. The first-order valence-electron chi connectivity index (χ1n) is 7.35. The third-order valence-corrected chi connectivity index (χ3v) is 3.29. The van der Waals surface area contributed by atoms with E-state index in [0.717, 1.165) is 25.4 Å². The highest BCUT2D eigenvalue weighted by Crippen LogP contribution is 2.24. The summed E-state index contributed by atoms with van der Waals surface area (Å²) in [5.41, 5.74) is 8.39. The van der Waals surface area contributed by atoms with E-state index in [4.69, 9.17) is 10.5 Å². The fraction of sp³-hybridized carbons (Fsp3) is 0.625. The Balaban J connectivity index is 2.95. The largest absolute Gasteiger partial charge is 0.494 e. The molecule has 0 fully saturated rings. The van der Waals surface area contributed by atoms with Gasteiger partial charge in [-0.3, -0.25) is 4.90 Å². The number of nitrogens with two attached hydrogens (primary N) is 1. The molecule has 0 aromatic heterocycles. The second-order valence-electron chi connectivity index (χ2n) is 4.96. The summed E-state index contributed by atoms with van der Waals surface area (Å²) in [4.78, 5) is 2.43. The third kappa shape index (κ3) is 4.84. The topological polar surface area (TPSA) is 38.5 Å². The first kappa shape index (κ1) is 16.0. The molecule has 19 heavy (non-hydrogen) atoms. The monoisotopic (exact) mass is 264 g/mol. The normalized spacial score (nSPS) is 12.7. The van der Waals surface area contributed by atoms with Crippen LogP contribution in [0.5, 0.6) is 5.75 Å². The summed E-state index contributed by atoms with van der Waals surface area (Å²) in [6.07, 6.45) is 1.17. The van der Waals surface area contributed by atoms with Gasteiger partial charge in [0.05, 0.1) is 6.61 Å². The Hall–Kier alpha value is -1.06. The summed E-state index contributed by atoms with van der Waals surface area (Å²) in [7, 11) is 0. The number of nitrogens with zero attached hydrogens (tertiary/aromatic N) is 1. The summed E-state index contributed by atoms with van der Waals surface area (Å²) in [5, 5.41) is 0. The fourth-order valence-corrected chi connectivity index (χ4v) is 2.21. The average Bonchev–Trinajstić information content (AvgIpc) is 2.40. The Morgan fingerprint density at radius 2 is 2.00 bits per heavy atom. The molecule has 0 radical (unpaired) electrons. The lowest BCUT2D eigenvalue weighted by atomic mass is 10.0. The van der Waals surface area contributed by atoms with Gasteiger partial charge in [-0.05, 0) is 51.1 Å². The minimum Gasteiger partial charge on any atom is -0.494 e. The van der Waals surface area contributed by atoms with Crippen LogP contribution < -0.4 is 10.5 Å². The molecule has 0 bridgehead atoms. The lowest BCUT2D eigenvalue weighted by molar-refractivity contribution is 0.270. The van der Waals surface area contributed by atoms with Crippen molar-refractivity contribution in [3.8, 4) is 5.75 Å². The highest BCUT2D eigenvalue weighted by Gasteiger charge is 2.10. The van der Waals surface area contributed by atoms with Crippen molar-refractivity contribution in [1.82, 2.24) is 4.90 Å². The molecule has 3 nitrogen and oxygen atoms in total. The van der Waals surface area contributed by atoms with Crippen LogP contribution in [0.1, 0.15) is 51.3 Å². The predicted octanol–water partition coefficient (Wildman–Crippen LogP) is 3.34. The molecule has 2 N–H and O–H groups in total. The number of benzene rings is 1. The maximum atomic E-state index is 5.97. The van der Waals surface area contributed by atoms with Crippen LogP contribution in [0.4, 0.5) is 0 Å². The molecule has 0 aliphatic heterocycles. The molecule has 0 aliphatic carbocycles. The molecule has 0 aliphatic rings. The second-order valence-corrected chi connectivity index (χ2v) is 4.96. The Bertz CT molecular complexity index is 377. The zero-order valence-electron chi connectivity index (χ0n) is 12.8. The van der Waals surface area contributed by atoms with Crippen LogP contribution in [0, 0.1) is 0 Å². The van der Waals surface area contributed by atoms with Crippen molar-refractivity contribution in [2.75, 3.05) is 19.7 Å². The van der Waals surface area contributed by atoms with Crippen LogP contribution in [0.3, 0.4) is 0 Å². The Morgan fingerprint density at radius 1 is 1.26 bits per heavy atom. The molecule has 3 heteroatoms. The Labute approximate surface area is 117 Å². The van der Waals surface area contributed by atoms with Crippen LogP contribution in [-0.4, -0.2) is 24.6 Å². The van der Waals surface area contributed by atoms with Gasteiger partial charge in [0.25, 0.3) is 0 Å². The molecular formula is C16H28N2O. The van der Waals surface area contributed by atoms with Crippen molar-refractivity contribution in [3.63, 3.8) is 0 Å². The van der Waals surface area contributed by atoms with E-state index in [0.29, 0.717) is 6.61 Å². The molecule has 1 aromatic rings. The van der Waals surface area contributed by atoms with E-state index in [1.807, 2.05) is 13.8 Å². The first-order chi connectivity index (χ1) is 9.12. The number of ether oxygens (including phenoxy) is 1. The predicted molar refractivity (Wildman–Crippen MR) is 81.5 cm³/mol. The van der Waals surface area contributed by atoms with Crippen molar-refractivity contribution in [1.29, 1.82) is 0 Å². The van der Waals surface area contributed by atoms with Gasteiger partial charge in [0.2, 0.25) is 0 Å². The molecule has 108 valence electrons. The molecule has 0 saturated heterocycles. The first-order valence-corrected chi connectivity index (χ1v) is 7.35. The lowest BCUT2D eigenvalue weighted by Crippen LogP contribution is -2.24. The lowest BCUT2D eigenvalue weighted by Gasteiger charge is -2.22. The van der Waals surface area contributed by atoms with E-state index in [9.17, 15) is 0 Å². The average molecular weight is 264 g/mol. The van der Waals surface area contributed by atoms with Gasteiger partial charge in [-0.1, -0.05) is 19.9 Å². The van der Waals surface area contributed by atoms with Gasteiger partial charge in [-0.2, -0.15) is 0 Å². The van der Waals surface area contributed by atoms with Crippen molar-refractivity contribution >= 4 is 0 Å². The third-order valence-electron chi connectivity index (χ3n) is 3.29. The number of hydrogen-bond donors (Lipinski definition) is 1. The Morgan fingerprint density at radius 3 is 2.53 bits per heavy atom. The molecule has 0 saturated carbocycles. The van der Waals surface area contributed by atoms with Gasteiger partial charge < -0.3 is 10.5 Å². The minimum absolute atomic E-state index is 0.0654. The fourth-order valence-electron chi connectivity index (χ4n) is 2.21. The van der Waals surface area contributed by atoms with E-state index >= 15 is 0 Å². The molecule has 0 heterocycles. The van der Waals surface area contributed by atoms with Gasteiger partial charge in [-0.15, -0.1) is 0 Å². The van der Waals surface area contributed by atoms with Crippen molar-refractivity contribution in [2.24, 2.45) is 5.73 Å². The zero-order valence-corrected chi connectivity index (χ0v) is 12.8. The maximum Gasteiger partial charge on any atom is 0.123 e. The highest BCUT2D eigenvalue weighted by molar-refractivity contribution is 5.38. The molecule has 1 unspecified atom stereocenters. The molecule has 0 amide bonds.